The maximum Gasteiger partial charge on any atom is 0.188 e. The standard InChI is InChI=1S/C13H27N3O2/c1-11(10-17-2)16-13(14)15-8-5-9-18-12-6-3-4-7-12/h11-12H,3-10H2,1-2H3,(H3,14,15,16). The molecule has 0 bridgehead atoms. The van der Waals surface area contributed by atoms with Gasteiger partial charge in [-0.05, 0) is 26.2 Å². The first-order valence-corrected chi connectivity index (χ1v) is 6.89. The fourth-order valence-electron chi connectivity index (χ4n) is 2.16. The van der Waals surface area contributed by atoms with E-state index in [0.29, 0.717) is 25.2 Å². The molecule has 0 aromatic carbocycles. The van der Waals surface area contributed by atoms with Crippen molar-refractivity contribution in [2.45, 2.75) is 51.2 Å². The van der Waals surface area contributed by atoms with Gasteiger partial charge in [-0.2, -0.15) is 0 Å². The number of aliphatic imine (C=N–C) groups is 1. The lowest BCUT2D eigenvalue weighted by molar-refractivity contribution is 0.0579. The van der Waals surface area contributed by atoms with Crippen molar-refractivity contribution in [3.63, 3.8) is 0 Å². The Hall–Kier alpha value is -0.810. The number of hydrogen-bond acceptors (Lipinski definition) is 3. The highest BCUT2D eigenvalue weighted by atomic mass is 16.5. The summed E-state index contributed by atoms with van der Waals surface area (Å²) in [6, 6.07) is 0.188. The lowest BCUT2D eigenvalue weighted by Gasteiger charge is -2.13. The van der Waals surface area contributed by atoms with E-state index < -0.39 is 0 Å². The van der Waals surface area contributed by atoms with Gasteiger partial charge in [-0.15, -0.1) is 0 Å². The molecular formula is C13H27N3O2. The minimum Gasteiger partial charge on any atom is -0.383 e. The van der Waals surface area contributed by atoms with Crippen LogP contribution in [0.3, 0.4) is 0 Å². The van der Waals surface area contributed by atoms with Gasteiger partial charge in [0.25, 0.3) is 0 Å². The first kappa shape index (κ1) is 15.2. The van der Waals surface area contributed by atoms with E-state index in [9.17, 15) is 0 Å². The van der Waals surface area contributed by atoms with Crippen LogP contribution in [-0.2, 0) is 9.47 Å². The number of nitrogens with one attached hydrogen (secondary N) is 1. The summed E-state index contributed by atoms with van der Waals surface area (Å²) in [6.45, 7) is 4.14. The van der Waals surface area contributed by atoms with E-state index in [-0.39, 0.29) is 6.04 Å². The summed E-state index contributed by atoms with van der Waals surface area (Å²) in [7, 11) is 1.67. The van der Waals surface area contributed by atoms with Crippen LogP contribution in [-0.4, -0.2) is 45.0 Å². The summed E-state index contributed by atoms with van der Waals surface area (Å²) >= 11 is 0. The van der Waals surface area contributed by atoms with Gasteiger partial charge in [0.2, 0.25) is 0 Å². The zero-order valence-electron chi connectivity index (χ0n) is 11.7. The second kappa shape index (κ2) is 9.16. The van der Waals surface area contributed by atoms with Gasteiger partial charge in [-0.1, -0.05) is 12.8 Å². The molecule has 0 saturated heterocycles. The van der Waals surface area contributed by atoms with Crippen molar-refractivity contribution < 1.29 is 9.47 Å². The van der Waals surface area contributed by atoms with Gasteiger partial charge in [-0.3, -0.25) is 4.99 Å². The van der Waals surface area contributed by atoms with E-state index in [0.717, 1.165) is 13.0 Å². The molecule has 0 aliphatic heterocycles. The maximum absolute atomic E-state index is 5.75. The third-order valence-corrected chi connectivity index (χ3v) is 3.05. The Kier molecular flexibility index (Phi) is 7.76. The summed E-state index contributed by atoms with van der Waals surface area (Å²) in [4.78, 5) is 4.26. The Morgan fingerprint density at radius 1 is 1.44 bits per heavy atom. The quantitative estimate of drug-likeness (QED) is 0.390. The van der Waals surface area contributed by atoms with E-state index in [1.54, 1.807) is 7.11 Å². The van der Waals surface area contributed by atoms with Crippen LogP contribution in [0.15, 0.2) is 4.99 Å². The average Bonchev–Trinajstić information content (AvgIpc) is 2.81. The van der Waals surface area contributed by atoms with Crippen LogP contribution in [0.1, 0.15) is 39.0 Å². The van der Waals surface area contributed by atoms with Crippen molar-refractivity contribution in [2.24, 2.45) is 10.7 Å². The minimum absolute atomic E-state index is 0.188. The third kappa shape index (κ3) is 6.81. The molecular weight excluding hydrogens is 230 g/mol. The number of nitrogens with zero attached hydrogens (tertiary/aromatic N) is 1. The number of methoxy groups -OCH3 is 1. The summed E-state index contributed by atoms with van der Waals surface area (Å²) in [5, 5.41) is 3.07. The van der Waals surface area contributed by atoms with Crippen molar-refractivity contribution in [1.82, 2.24) is 5.32 Å². The highest BCUT2D eigenvalue weighted by Gasteiger charge is 2.14. The molecule has 1 saturated carbocycles. The first-order chi connectivity index (χ1) is 8.72. The second-order valence-corrected chi connectivity index (χ2v) is 4.90. The molecule has 106 valence electrons. The van der Waals surface area contributed by atoms with Gasteiger partial charge < -0.3 is 20.5 Å². The van der Waals surface area contributed by atoms with Crippen molar-refractivity contribution in [3.8, 4) is 0 Å². The van der Waals surface area contributed by atoms with Crippen molar-refractivity contribution in [3.05, 3.63) is 0 Å². The maximum atomic E-state index is 5.75. The summed E-state index contributed by atoms with van der Waals surface area (Å²) in [6.07, 6.45) is 6.50. The lowest BCUT2D eigenvalue weighted by Crippen LogP contribution is -2.40. The molecule has 3 N–H and O–H groups in total. The van der Waals surface area contributed by atoms with E-state index in [1.165, 1.54) is 25.7 Å². The zero-order valence-corrected chi connectivity index (χ0v) is 11.7. The predicted molar refractivity (Wildman–Crippen MR) is 73.8 cm³/mol. The topological polar surface area (TPSA) is 68.9 Å². The molecule has 0 spiro atoms. The monoisotopic (exact) mass is 257 g/mol. The fourth-order valence-corrected chi connectivity index (χ4v) is 2.16. The molecule has 5 nitrogen and oxygen atoms in total. The fraction of sp³-hybridized carbons (Fsp3) is 0.923. The van der Waals surface area contributed by atoms with Crippen LogP contribution in [0.4, 0.5) is 0 Å². The normalized spacial score (nSPS) is 19.1. The van der Waals surface area contributed by atoms with Crippen LogP contribution < -0.4 is 11.1 Å². The molecule has 18 heavy (non-hydrogen) atoms. The van der Waals surface area contributed by atoms with Crippen LogP contribution >= 0.6 is 0 Å². The molecule has 5 heteroatoms. The number of rotatable bonds is 8. The molecule has 0 aromatic rings. The Balaban J connectivity index is 2.00. The highest BCUT2D eigenvalue weighted by molar-refractivity contribution is 5.78. The number of hydrogen-bond donors (Lipinski definition) is 2. The van der Waals surface area contributed by atoms with E-state index in [1.807, 2.05) is 6.92 Å². The van der Waals surface area contributed by atoms with Gasteiger partial charge in [0.15, 0.2) is 5.96 Å². The number of nitrogens with two attached hydrogens (primary N) is 1. The van der Waals surface area contributed by atoms with Crippen molar-refractivity contribution in [1.29, 1.82) is 0 Å². The van der Waals surface area contributed by atoms with Crippen molar-refractivity contribution in [2.75, 3.05) is 26.9 Å². The largest absolute Gasteiger partial charge is 0.383 e. The molecule has 0 radical (unpaired) electrons. The van der Waals surface area contributed by atoms with Gasteiger partial charge in [0, 0.05) is 26.3 Å². The highest BCUT2D eigenvalue weighted by Crippen LogP contribution is 2.20. The molecule has 0 aromatic heterocycles. The summed E-state index contributed by atoms with van der Waals surface area (Å²) < 4.78 is 10.8. The smallest absolute Gasteiger partial charge is 0.188 e. The Labute approximate surface area is 110 Å². The van der Waals surface area contributed by atoms with Crippen LogP contribution in [0, 0.1) is 0 Å². The Bertz CT molecular complexity index is 240. The third-order valence-electron chi connectivity index (χ3n) is 3.05. The second-order valence-electron chi connectivity index (χ2n) is 4.90. The molecule has 1 aliphatic carbocycles. The SMILES string of the molecule is COCC(C)NC(N)=NCCCOC1CCCC1. The minimum atomic E-state index is 0.188. The van der Waals surface area contributed by atoms with E-state index in [4.69, 9.17) is 15.2 Å². The van der Waals surface area contributed by atoms with E-state index >= 15 is 0 Å². The predicted octanol–water partition coefficient (Wildman–Crippen LogP) is 1.27. The molecule has 0 amide bonds. The first-order valence-electron chi connectivity index (χ1n) is 6.89. The molecule has 1 rings (SSSR count). The van der Waals surface area contributed by atoms with Crippen molar-refractivity contribution >= 4 is 5.96 Å². The molecule has 0 heterocycles. The Morgan fingerprint density at radius 2 is 2.17 bits per heavy atom. The molecule has 1 fully saturated rings. The lowest BCUT2D eigenvalue weighted by atomic mass is 10.3. The molecule has 1 aliphatic rings. The van der Waals surface area contributed by atoms with Gasteiger partial charge in [0.05, 0.1) is 12.7 Å². The van der Waals surface area contributed by atoms with Gasteiger partial charge in [-0.25, -0.2) is 0 Å². The molecule has 1 unspecified atom stereocenters. The molecule has 1 atom stereocenters. The number of guanidine groups is 1. The van der Waals surface area contributed by atoms with Gasteiger partial charge in [0.1, 0.15) is 0 Å². The van der Waals surface area contributed by atoms with E-state index in [2.05, 4.69) is 10.3 Å². The van der Waals surface area contributed by atoms with Gasteiger partial charge >= 0.3 is 0 Å². The summed E-state index contributed by atoms with van der Waals surface area (Å²) in [5.41, 5.74) is 5.75. The Morgan fingerprint density at radius 3 is 2.83 bits per heavy atom. The summed E-state index contributed by atoms with van der Waals surface area (Å²) in [5.74, 6) is 0.486. The zero-order chi connectivity index (χ0) is 13.2. The average molecular weight is 257 g/mol. The van der Waals surface area contributed by atoms with Crippen LogP contribution in [0.5, 0.6) is 0 Å². The van der Waals surface area contributed by atoms with Crippen LogP contribution in [0.2, 0.25) is 0 Å². The number of ether oxygens (including phenoxy) is 2. The van der Waals surface area contributed by atoms with Crippen LogP contribution in [0.25, 0.3) is 0 Å².